The van der Waals surface area contributed by atoms with E-state index in [0.29, 0.717) is 11.4 Å². The predicted octanol–water partition coefficient (Wildman–Crippen LogP) is 11.1. The Morgan fingerprint density at radius 1 is 0.500 bits per heavy atom. The van der Waals surface area contributed by atoms with Crippen molar-refractivity contribution in [2.75, 3.05) is 0 Å². The smallest absolute Gasteiger partial charge is 0.180 e. The third-order valence-electron chi connectivity index (χ3n) is 8.77. The van der Waals surface area contributed by atoms with Gasteiger partial charge in [-0.3, -0.25) is 4.98 Å². The Morgan fingerprint density at radius 3 is 2.04 bits per heavy atom. The van der Waals surface area contributed by atoms with Crippen LogP contribution in [0.4, 0.5) is 0 Å². The van der Waals surface area contributed by atoms with Gasteiger partial charge in [-0.05, 0) is 99.3 Å². The van der Waals surface area contributed by atoms with Crippen molar-refractivity contribution in [3.8, 4) is 44.9 Å². The largest absolute Gasteiger partial charge is 0.452 e. The highest BCUT2D eigenvalue weighted by atomic mass is 16.3. The van der Waals surface area contributed by atoms with Crippen molar-refractivity contribution in [3.05, 3.63) is 151 Å². The fourth-order valence-electron chi connectivity index (χ4n) is 6.61. The molecule has 0 unspecified atom stereocenters. The third kappa shape index (κ3) is 4.34. The van der Waals surface area contributed by atoms with Crippen LogP contribution in [0.1, 0.15) is 5.69 Å². The van der Waals surface area contributed by atoms with E-state index < -0.39 is 0 Å². The summed E-state index contributed by atoms with van der Waals surface area (Å²) in [4.78, 5) is 14.9. The number of aromatic nitrogens is 3. The van der Waals surface area contributed by atoms with Crippen LogP contribution >= 0.6 is 0 Å². The van der Waals surface area contributed by atoms with Crippen molar-refractivity contribution in [1.29, 1.82) is 0 Å². The number of pyridine rings is 1. The molecule has 3 heterocycles. The van der Waals surface area contributed by atoms with Crippen molar-refractivity contribution in [1.82, 2.24) is 15.0 Å². The lowest BCUT2D eigenvalue weighted by Crippen LogP contribution is -1.95. The van der Waals surface area contributed by atoms with Gasteiger partial charge in [0.05, 0.1) is 0 Å². The van der Waals surface area contributed by atoms with Crippen LogP contribution in [-0.2, 0) is 0 Å². The molecule has 0 saturated heterocycles. The summed E-state index contributed by atoms with van der Waals surface area (Å²) in [7, 11) is 0. The monoisotopic (exact) mass is 589 g/mol. The van der Waals surface area contributed by atoms with E-state index in [1.807, 2.05) is 49.5 Å². The molecule has 0 aliphatic carbocycles. The molecule has 0 saturated carbocycles. The van der Waals surface area contributed by atoms with E-state index in [4.69, 9.17) is 14.4 Å². The highest BCUT2D eigenvalue weighted by Crippen LogP contribution is 2.40. The van der Waals surface area contributed by atoms with Crippen molar-refractivity contribution >= 4 is 43.6 Å². The zero-order valence-electron chi connectivity index (χ0n) is 25.1. The van der Waals surface area contributed by atoms with Crippen LogP contribution in [0.15, 0.2) is 150 Å². The molecule has 9 aromatic rings. The Bertz CT molecular complexity index is 2600. The Kier molecular flexibility index (Phi) is 6.00. The highest BCUT2D eigenvalue weighted by molar-refractivity contribution is 6.14. The zero-order valence-corrected chi connectivity index (χ0v) is 25.1. The highest BCUT2D eigenvalue weighted by Gasteiger charge is 2.19. The fraction of sp³-hybridized carbons (Fsp3) is 0.0238. The summed E-state index contributed by atoms with van der Waals surface area (Å²) in [5, 5.41) is 5.86. The van der Waals surface area contributed by atoms with Gasteiger partial charge in [0.15, 0.2) is 11.4 Å². The molecule has 4 heteroatoms. The van der Waals surface area contributed by atoms with E-state index in [9.17, 15) is 0 Å². The third-order valence-corrected chi connectivity index (χ3v) is 8.77. The van der Waals surface area contributed by atoms with E-state index in [-0.39, 0.29) is 0 Å². The van der Waals surface area contributed by atoms with E-state index >= 15 is 0 Å². The summed E-state index contributed by atoms with van der Waals surface area (Å²) in [6.07, 6.45) is 1.87. The summed E-state index contributed by atoms with van der Waals surface area (Å²) in [6.45, 7) is 2.03. The summed E-state index contributed by atoms with van der Waals surface area (Å²) in [6, 6.07) is 48.7. The van der Waals surface area contributed by atoms with Gasteiger partial charge in [-0.1, -0.05) is 91.0 Å². The first-order valence-electron chi connectivity index (χ1n) is 15.4. The Hall–Kier alpha value is -6.13. The SMILES string of the molecule is Cc1cc(-c2cc(-c3nc(-c4ccccc4)c4oc5ccccc5c4n3)cc(-c3cc4ccccc4c4ccccc34)c2)ccn1. The molecule has 0 atom stereocenters. The van der Waals surface area contributed by atoms with Gasteiger partial charge in [-0.2, -0.15) is 0 Å². The van der Waals surface area contributed by atoms with Crippen molar-refractivity contribution in [2.45, 2.75) is 6.92 Å². The molecule has 46 heavy (non-hydrogen) atoms. The molecule has 6 aromatic carbocycles. The average Bonchev–Trinajstić information content (AvgIpc) is 3.50. The molecule has 0 fully saturated rings. The summed E-state index contributed by atoms with van der Waals surface area (Å²) in [5.74, 6) is 0.650. The Labute approximate surface area is 265 Å². The number of furan rings is 1. The van der Waals surface area contributed by atoms with Gasteiger partial charge < -0.3 is 4.42 Å². The Morgan fingerprint density at radius 2 is 1.20 bits per heavy atom. The first-order valence-corrected chi connectivity index (χ1v) is 15.4. The van der Waals surface area contributed by atoms with E-state index in [2.05, 4.69) is 108 Å². The van der Waals surface area contributed by atoms with Crippen molar-refractivity contribution < 1.29 is 4.42 Å². The molecule has 3 aromatic heterocycles. The molecular weight excluding hydrogens is 562 g/mol. The minimum absolute atomic E-state index is 0.650. The first kappa shape index (κ1) is 26.3. The number of rotatable bonds is 4. The van der Waals surface area contributed by atoms with E-state index in [1.54, 1.807) is 0 Å². The predicted molar refractivity (Wildman–Crippen MR) is 189 cm³/mol. The number of hydrogen-bond acceptors (Lipinski definition) is 4. The normalized spacial score (nSPS) is 11.6. The average molecular weight is 590 g/mol. The summed E-state index contributed by atoms with van der Waals surface area (Å²) in [5.41, 5.74) is 10.4. The fourth-order valence-corrected chi connectivity index (χ4v) is 6.61. The van der Waals surface area contributed by atoms with Crippen molar-refractivity contribution in [3.63, 3.8) is 0 Å². The number of nitrogens with zero attached hydrogens (tertiary/aromatic N) is 3. The molecule has 9 rings (SSSR count). The van der Waals surface area contributed by atoms with Crippen LogP contribution in [0.25, 0.3) is 88.5 Å². The van der Waals surface area contributed by atoms with Crippen LogP contribution in [0.3, 0.4) is 0 Å². The molecule has 0 amide bonds. The van der Waals surface area contributed by atoms with Gasteiger partial charge in [0.25, 0.3) is 0 Å². The lowest BCUT2D eigenvalue weighted by molar-refractivity contribution is 0.667. The van der Waals surface area contributed by atoms with Gasteiger partial charge in [0, 0.05) is 28.4 Å². The lowest BCUT2D eigenvalue weighted by Gasteiger charge is -2.15. The number of aryl methyl sites for hydroxylation is 1. The standard InChI is InChI=1S/C42H27N3O/c1-26-21-28(19-20-43-26)30-22-31(37-25-29-13-5-6-14-33(29)34-15-7-8-16-35(34)37)24-32(23-30)42-44-39(27-11-3-2-4-12-27)41-40(45-42)36-17-9-10-18-38(36)46-41/h2-25H,1H3. The second-order valence-corrected chi connectivity index (χ2v) is 11.7. The maximum Gasteiger partial charge on any atom is 0.180 e. The quantitative estimate of drug-likeness (QED) is 0.192. The van der Waals surface area contributed by atoms with E-state index in [1.165, 1.54) is 27.1 Å². The molecule has 0 N–H and O–H groups in total. The molecule has 0 bridgehead atoms. The first-order chi connectivity index (χ1) is 22.7. The maximum absolute atomic E-state index is 6.39. The summed E-state index contributed by atoms with van der Waals surface area (Å²) < 4.78 is 6.39. The number of hydrogen-bond donors (Lipinski definition) is 0. The van der Waals surface area contributed by atoms with Crippen LogP contribution < -0.4 is 0 Å². The second kappa shape index (κ2) is 10.5. The number of benzene rings is 6. The molecule has 216 valence electrons. The molecule has 0 spiro atoms. The minimum atomic E-state index is 0.650. The van der Waals surface area contributed by atoms with E-state index in [0.717, 1.165) is 55.7 Å². The Balaban J connectivity index is 1.36. The second-order valence-electron chi connectivity index (χ2n) is 11.7. The lowest BCUT2D eigenvalue weighted by atomic mass is 9.90. The van der Waals surface area contributed by atoms with Gasteiger partial charge in [0.1, 0.15) is 16.8 Å². The van der Waals surface area contributed by atoms with Crippen LogP contribution in [0.2, 0.25) is 0 Å². The topological polar surface area (TPSA) is 51.8 Å². The molecule has 0 radical (unpaired) electrons. The van der Waals surface area contributed by atoms with Crippen LogP contribution in [-0.4, -0.2) is 15.0 Å². The molecule has 0 aliphatic heterocycles. The van der Waals surface area contributed by atoms with Gasteiger partial charge in [-0.15, -0.1) is 0 Å². The van der Waals surface area contributed by atoms with Gasteiger partial charge >= 0.3 is 0 Å². The van der Waals surface area contributed by atoms with Crippen molar-refractivity contribution in [2.24, 2.45) is 0 Å². The number of para-hydroxylation sites is 1. The molecule has 4 nitrogen and oxygen atoms in total. The molecule has 0 aliphatic rings. The minimum Gasteiger partial charge on any atom is -0.452 e. The van der Waals surface area contributed by atoms with Gasteiger partial charge in [0.2, 0.25) is 0 Å². The van der Waals surface area contributed by atoms with Crippen LogP contribution in [0, 0.1) is 6.92 Å². The summed E-state index contributed by atoms with van der Waals surface area (Å²) >= 11 is 0. The van der Waals surface area contributed by atoms with Gasteiger partial charge in [-0.25, -0.2) is 9.97 Å². The van der Waals surface area contributed by atoms with Crippen LogP contribution in [0.5, 0.6) is 0 Å². The maximum atomic E-state index is 6.39. The number of fused-ring (bicyclic) bond motifs is 6. The molecular formula is C42H27N3O. The zero-order chi connectivity index (χ0) is 30.6.